The van der Waals surface area contributed by atoms with Crippen LogP contribution in [0.1, 0.15) is 46.0 Å². The van der Waals surface area contributed by atoms with E-state index in [0.717, 1.165) is 0 Å². The number of hydrogen-bond donors (Lipinski definition) is 2. The first-order chi connectivity index (χ1) is 9.20. The second-order valence-electron chi connectivity index (χ2n) is 4.35. The monoisotopic (exact) mass is 288 g/mol. The molecule has 0 aromatic heterocycles. The average Bonchev–Trinajstić information content (AvgIpc) is 2.89. The number of rotatable bonds is 2. The van der Waals surface area contributed by atoms with Crippen molar-refractivity contribution in [2.45, 2.75) is 46.0 Å². The minimum absolute atomic E-state index is 0.176. The number of carboxylic acid groups (broad SMARTS) is 2. The molecular weight excluding hydrogens is 260 g/mol. The van der Waals surface area contributed by atoms with Crippen LogP contribution in [-0.2, 0) is 14.3 Å². The van der Waals surface area contributed by atoms with Gasteiger partial charge in [0.15, 0.2) is 0 Å². The topological polar surface area (TPSA) is 83.8 Å². The highest BCUT2D eigenvalue weighted by molar-refractivity contribution is 5.85. The quantitative estimate of drug-likeness (QED) is 0.760. The number of hydrogen-bond acceptors (Lipinski definition) is 3. The summed E-state index contributed by atoms with van der Waals surface area (Å²) in [5.41, 5.74) is 0.352. The van der Waals surface area contributed by atoms with Crippen LogP contribution in [0.25, 0.3) is 0 Å². The van der Waals surface area contributed by atoms with Crippen LogP contribution in [0, 0.1) is 0 Å². The van der Waals surface area contributed by atoms with Crippen LogP contribution in [0.15, 0.2) is 24.3 Å². The van der Waals surface area contributed by atoms with Crippen molar-refractivity contribution in [1.29, 1.82) is 0 Å². The molecule has 0 heterocycles. The van der Waals surface area contributed by atoms with Gasteiger partial charge in [0.05, 0.1) is 0 Å². The van der Waals surface area contributed by atoms with Gasteiger partial charge in [-0.1, -0.05) is 45.3 Å². The summed E-state index contributed by atoms with van der Waals surface area (Å²) in [7, 11) is 3.25. The van der Waals surface area contributed by atoms with Crippen molar-refractivity contribution in [1.82, 2.24) is 0 Å². The van der Waals surface area contributed by atoms with E-state index in [1.165, 1.54) is 46.0 Å². The molecule has 0 atom stereocenters. The molecule has 0 spiro atoms. The number of methoxy groups -OCH3 is 1. The van der Waals surface area contributed by atoms with Crippen molar-refractivity contribution in [3.63, 3.8) is 0 Å². The largest absolute Gasteiger partial charge is 0.478 e. The van der Waals surface area contributed by atoms with Crippen molar-refractivity contribution in [3.8, 4) is 0 Å². The molecule has 0 amide bonds. The fraction of sp³-hybridized carbons (Fsp3) is 0.600. The van der Waals surface area contributed by atoms with Gasteiger partial charge in [-0.25, -0.2) is 9.59 Å². The van der Waals surface area contributed by atoms with Gasteiger partial charge in [0, 0.05) is 25.4 Å². The second kappa shape index (κ2) is 17.4. The van der Waals surface area contributed by atoms with Gasteiger partial charge in [0.1, 0.15) is 0 Å². The van der Waals surface area contributed by atoms with E-state index in [4.69, 9.17) is 10.2 Å². The van der Waals surface area contributed by atoms with Crippen molar-refractivity contribution in [3.05, 3.63) is 24.3 Å². The lowest BCUT2D eigenvalue weighted by molar-refractivity contribution is -0.133. The third-order valence-corrected chi connectivity index (χ3v) is 1.98. The Kier molecular flexibility index (Phi) is 20.4. The van der Waals surface area contributed by atoms with E-state index in [1.54, 1.807) is 14.2 Å². The van der Waals surface area contributed by atoms with Crippen LogP contribution in [0.2, 0.25) is 0 Å². The Labute approximate surface area is 122 Å². The van der Waals surface area contributed by atoms with Crippen molar-refractivity contribution < 1.29 is 24.5 Å². The van der Waals surface area contributed by atoms with Crippen molar-refractivity contribution in [2.24, 2.45) is 0 Å². The summed E-state index contributed by atoms with van der Waals surface area (Å²) in [5, 5.41) is 15.8. The Morgan fingerprint density at radius 1 is 0.800 bits per heavy atom. The molecule has 1 saturated carbocycles. The van der Waals surface area contributed by atoms with Crippen molar-refractivity contribution >= 4 is 11.9 Å². The van der Waals surface area contributed by atoms with Gasteiger partial charge in [-0.3, -0.25) is 0 Å². The number of carboxylic acids is 2. The first-order valence-corrected chi connectivity index (χ1v) is 6.38. The highest BCUT2D eigenvalue weighted by Crippen LogP contribution is 2.15. The SMILES string of the molecule is C1CCCC1.C=C(C)C(=O)O.C=C(C)C(=O)O.COC. The minimum Gasteiger partial charge on any atom is -0.478 e. The molecule has 0 aromatic rings. The lowest BCUT2D eigenvalue weighted by Crippen LogP contribution is -1.92. The van der Waals surface area contributed by atoms with Crippen LogP contribution in [0.4, 0.5) is 0 Å². The van der Waals surface area contributed by atoms with Gasteiger partial charge in [-0.2, -0.15) is 0 Å². The van der Waals surface area contributed by atoms with E-state index < -0.39 is 11.9 Å². The van der Waals surface area contributed by atoms with Crippen LogP contribution < -0.4 is 0 Å². The van der Waals surface area contributed by atoms with Gasteiger partial charge < -0.3 is 14.9 Å². The Bertz CT molecular complexity index is 235. The standard InChI is InChI=1S/C5H10.2C4H6O2.C2H6O/c1-2-4-5-3-1;2*1-3(2)4(5)6;1-3-2/h1-5H2;2*1H2,2H3,(H,5,6);1-2H3. The molecule has 0 aliphatic heterocycles. The van der Waals surface area contributed by atoms with Crippen LogP contribution in [0.3, 0.4) is 0 Å². The molecular formula is C15H28O5. The van der Waals surface area contributed by atoms with Gasteiger partial charge >= 0.3 is 11.9 Å². The molecule has 1 aliphatic rings. The third-order valence-electron chi connectivity index (χ3n) is 1.98. The van der Waals surface area contributed by atoms with Crippen LogP contribution in [-0.4, -0.2) is 36.4 Å². The number of carbonyl (C=O) groups is 2. The molecule has 5 nitrogen and oxygen atoms in total. The van der Waals surface area contributed by atoms with Gasteiger partial charge in [0.2, 0.25) is 0 Å². The molecule has 1 aliphatic carbocycles. The molecule has 1 rings (SSSR count). The summed E-state index contributed by atoms with van der Waals surface area (Å²) < 4.78 is 4.25. The van der Waals surface area contributed by atoms with E-state index in [9.17, 15) is 9.59 Å². The predicted octanol–water partition coefficient (Wildman–Crippen LogP) is 3.51. The van der Waals surface area contributed by atoms with E-state index >= 15 is 0 Å². The molecule has 0 aromatic carbocycles. The van der Waals surface area contributed by atoms with Gasteiger partial charge in [0.25, 0.3) is 0 Å². The van der Waals surface area contributed by atoms with E-state index in [0.29, 0.717) is 0 Å². The lowest BCUT2D eigenvalue weighted by atomic mass is 10.4. The Hall–Kier alpha value is -1.62. The summed E-state index contributed by atoms with van der Waals surface area (Å²) in [6.45, 7) is 9.20. The zero-order valence-electron chi connectivity index (χ0n) is 13.1. The summed E-state index contributed by atoms with van der Waals surface area (Å²) in [6, 6.07) is 0. The van der Waals surface area contributed by atoms with Crippen molar-refractivity contribution in [2.75, 3.05) is 14.2 Å². The normalized spacial score (nSPS) is 11.4. The number of ether oxygens (including phenoxy) is 1. The first-order valence-electron chi connectivity index (χ1n) is 6.38. The molecule has 0 saturated heterocycles. The predicted molar refractivity (Wildman–Crippen MR) is 80.9 cm³/mol. The fourth-order valence-corrected chi connectivity index (χ4v) is 0.884. The summed E-state index contributed by atoms with van der Waals surface area (Å²) in [5.74, 6) is -1.87. The maximum absolute atomic E-state index is 9.60. The molecule has 0 radical (unpaired) electrons. The maximum atomic E-state index is 9.60. The van der Waals surface area contributed by atoms with Crippen LogP contribution >= 0.6 is 0 Å². The Balaban J connectivity index is -0.000000198. The molecule has 5 heteroatoms. The number of aliphatic carboxylic acids is 2. The molecule has 118 valence electrons. The molecule has 0 unspecified atom stereocenters. The summed E-state index contributed by atoms with van der Waals surface area (Å²) in [4.78, 5) is 19.2. The van der Waals surface area contributed by atoms with E-state index in [2.05, 4.69) is 17.9 Å². The molecule has 0 bridgehead atoms. The maximum Gasteiger partial charge on any atom is 0.330 e. The fourth-order valence-electron chi connectivity index (χ4n) is 0.884. The molecule has 2 N–H and O–H groups in total. The average molecular weight is 288 g/mol. The highest BCUT2D eigenvalue weighted by atomic mass is 16.4. The van der Waals surface area contributed by atoms with E-state index in [-0.39, 0.29) is 11.1 Å². The zero-order chi connectivity index (χ0) is 16.6. The smallest absolute Gasteiger partial charge is 0.330 e. The summed E-state index contributed by atoms with van der Waals surface area (Å²) in [6.07, 6.45) is 7.50. The molecule has 1 fully saturated rings. The third kappa shape index (κ3) is 29.9. The second-order valence-corrected chi connectivity index (χ2v) is 4.35. The summed E-state index contributed by atoms with van der Waals surface area (Å²) >= 11 is 0. The van der Waals surface area contributed by atoms with Crippen LogP contribution in [0.5, 0.6) is 0 Å². The lowest BCUT2D eigenvalue weighted by Gasteiger charge is -1.79. The Morgan fingerprint density at radius 3 is 0.950 bits per heavy atom. The van der Waals surface area contributed by atoms with Gasteiger partial charge in [-0.05, 0) is 13.8 Å². The van der Waals surface area contributed by atoms with E-state index in [1.807, 2.05) is 0 Å². The zero-order valence-corrected chi connectivity index (χ0v) is 13.1. The Morgan fingerprint density at radius 2 is 0.900 bits per heavy atom. The highest BCUT2D eigenvalue weighted by Gasteiger charge is 1.95. The first kappa shape index (κ1) is 23.5. The minimum atomic E-state index is -0.935. The molecule has 20 heavy (non-hydrogen) atoms. The van der Waals surface area contributed by atoms with Gasteiger partial charge in [-0.15, -0.1) is 0 Å².